The number of likely N-dealkylation sites (tertiary alicyclic amines) is 1. The zero-order valence-electron chi connectivity index (χ0n) is 16.6. The van der Waals surface area contributed by atoms with Crippen LogP contribution >= 0.6 is 0 Å². The highest BCUT2D eigenvalue weighted by atomic mass is 19.4. The van der Waals surface area contributed by atoms with Crippen molar-refractivity contribution in [3.63, 3.8) is 0 Å². The van der Waals surface area contributed by atoms with E-state index < -0.39 is 17.3 Å². The smallest absolute Gasteiger partial charge is 0.384 e. The predicted octanol–water partition coefficient (Wildman–Crippen LogP) is 3.91. The van der Waals surface area contributed by atoms with Gasteiger partial charge in [0.05, 0.1) is 5.56 Å². The number of benzene rings is 2. The Balaban J connectivity index is 1.36. The summed E-state index contributed by atoms with van der Waals surface area (Å²) in [4.78, 5) is 14.6. The van der Waals surface area contributed by atoms with Crippen LogP contribution in [0.15, 0.2) is 48.5 Å². The van der Waals surface area contributed by atoms with E-state index in [-0.39, 0.29) is 11.8 Å². The van der Waals surface area contributed by atoms with Crippen LogP contribution in [-0.4, -0.2) is 42.1 Å². The maximum Gasteiger partial charge on any atom is 0.416 e. The van der Waals surface area contributed by atoms with Gasteiger partial charge in [-0.05, 0) is 67.1 Å². The second kappa shape index (κ2) is 8.04. The second-order valence-corrected chi connectivity index (χ2v) is 8.22. The number of halogens is 3. The van der Waals surface area contributed by atoms with Crippen LogP contribution in [0.5, 0.6) is 0 Å². The van der Waals surface area contributed by atoms with Gasteiger partial charge < -0.3 is 15.3 Å². The van der Waals surface area contributed by atoms with E-state index in [1.807, 2.05) is 12.1 Å². The molecule has 1 atom stereocenters. The molecule has 0 saturated carbocycles. The number of rotatable bonds is 3. The van der Waals surface area contributed by atoms with Crippen LogP contribution in [0.25, 0.3) is 0 Å². The molecule has 4 nitrogen and oxygen atoms in total. The molecule has 0 bridgehead atoms. The molecule has 2 aliphatic heterocycles. The Morgan fingerprint density at radius 3 is 2.20 bits per heavy atom. The first-order valence-electron chi connectivity index (χ1n) is 10.3. The van der Waals surface area contributed by atoms with Crippen molar-refractivity contribution in [2.45, 2.75) is 37.0 Å². The maximum absolute atomic E-state index is 12.8. The molecule has 2 aliphatic rings. The zero-order chi connectivity index (χ0) is 21.4. The van der Waals surface area contributed by atoms with E-state index in [0.29, 0.717) is 31.6 Å². The van der Waals surface area contributed by atoms with Crippen LogP contribution in [0, 0.1) is 0 Å². The van der Waals surface area contributed by atoms with Crippen LogP contribution in [0.1, 0.15) is 52.2 Å². The number of carbonyl (C=O) groups is 1. The molecule has 2 aromatic rings. The van der Waals surface area contributed by atoms with Crippen molar-refractivity contribution in [1.29, 1.82) is 0 Å². The van der Waals surface area contributed by atoms with E-state index in [9.17, 15) is 23.1 Å². The molecule has 0 aromatic heterocycles. The molecular formula is C23H25F3N2O2. The molecule has 2 aromatic carbocycles. The van der Waals surface area contributed by atoms with Crippen LogP contribution in [0.4, 0.5) is 13.2 Å². The molecule has 2 N–H and O–H groups in total. The SMILES string of the molecule is O=C(c1ccc(C2(O)CCNC2)cc1)N1CCC(c2ccc(C(F)(F)F)cc2)CC1. The lowest BCUT2D eigenvalue weighted by atomic mass is 9.88. The summed E-state index contributed by atoms with van der Waals surface area (Å²) in [6, 6.07) is 12.5. The second-order valence-electron chi connectivity index (χ2n) is 8.22. The molecule has 2 fully saturated rings. The Morgan fingerprint density at radius 2 is 1.67 bits per heavy atom. The van der Waals surface area contributed by atoms with Gasteiger partial charge in [0.2, 0.25) is 0 Å². The molecule has 7 heteroatoms. The summed E-state index contributed by atoms with van der Waals surface area (Å²) in [5.74, 6) is 0.103. The van der Waals surface area contributed by atoms with Gasteiger partial charge in [-0.2, -0.15) is 13.2 Å². The van der Waals surface area contributed by atoms with E-state index in [4.69, 9.17) is 0 Å². The van der Waals surface area contributed by atoms with E-state index in [1.165, 1.54) is 0 Å². The average molecular weight is 418 g/mol. The van der Waals surface area contributed by atoms with Gasteiger partial charge >= 0.3 is 6.18 Å². The number of piperidine rings is 1. The number of carbonyl (C=O) groups excluding carboxylic acids is 1. The fourth-order valence-corrected chi connectivity index (χ4v) is 4.39. The number of hydrogen-bond acceptors (Lipinski definition) is 3. The van der Waals surface area contributed by atoms with Gasteiger partial charge in [-0.25, -0.2) is 0 Å². The Kier molecular flexibility index (Phi) is 5.59. The molecule has 4 rings (SSSR count). The number of nitrogens with zero attached hydrogens (tertiary/aromatic N) is 1. The quantitative estimate of drug-likeness (QED) is 0.795. The Morgan fingerprint density at radius 1 is 1.03 bits per heavy atom. The molecule has 2 saturated heterocycles. The minimum absolute atomic E-state index is 0.0519. The molecule has 0 spiro atoms. The summed E-state index contributed by atoms with van der Waals surface area (Å²) in [5.41, 5.74) is 0.770. The van der Waals surface area contributed by atoms with Gasteiger partial charge in [0, 0.05) is 25.2 Å². The number of alkyl halides is 3. The van der Waals surface area contributed by atoms with Crippen molar-refractivity contribution in [1.82, 2.24) is 10.2 Å². The molecular weight excluding hydrogens is 393 g/mol. The van der Waals surface area contributed by atoms with Crippen LogP contribution < -0.4 is 5.32 Å². The number of β-amino-alcohol motifs (C(OH)–C–C–N with tert-alkyl or cyclic N) is 1. The van der Waals surface area contributed by atoms with Crippen molar-refractivity contribution in [2.75, 3.05) is 26.2 Å². The highest BCUT2D eigenvalue weighted by molar-refractivity contribution is 5.94. The maximum atomic E-state index is 12.8. The van der Waals surface area contributed by atoms with Crippen LogP contribution in [-0.2, 0) is 11.8 Å². The predicted molar refractivity (Wildman–Crippen MR) is 107 cm³/mol. The fraction of sp³-hybridized carbons (Fsp3) is 0.435. The van der Waals surface area contributed by atoms with Crippen molar-refractivity contribution in [3.05, 3.63) is 70.8 Å². The monoisotopic (exact) mass is 418 g/mol. The fourth-order valence-electron chi connectivity index (χ4n) is 4.39. The summed E-state index contributed by atoms with van der Waals surface area (Å²) in [7, 11) is 0. The van der Waals surface area contributed by atoms with Gasteiger partial charge in [-0.15, -0.1) is 0 Å². The number of amides is 1. The van der Waals surface area contributed by atoms with Crippen LogP contribution in [0.2, 0.25) is 0 Å². The minimum Gasteiger partial charge on any atom is -0.384 e. The Bertz CT molecular complexity index is 880. The van der Waals surface area contributed by atoms with Gasteiger partial charge in [0.15, 0.2) is 0 Å². The third kappa shape index (κ3) is 4.23. The van der Waals surface area contributed by atoms with E-state index in [2.05, 4.69) is 5.32 Å². The van der Waals surface area contributed by atoms with Gasteiger partial charge in [0.25, 0.3) is 5.91 Å². The Labute approximate surface area is 173 Å². The lowest BCUT2D eigenvalue weighted by Gasteiger charge is -2.32. The Hall–Kier alpha value is -2.38. The normalized spacial score (nSPS) is 23.0. The molecule has 1 amide bonds. The molecule has 1 unspecified atom stereocenters. The third-order valence-electron chi connectivity index (χ3n) is 6.29. The van der Waals surface area contributed by atoms with Gasteiger partial charge in [0.1, 0.15) is 5.60 Å². The highest BCUT2D eigenvalue weighted by Crippen LogP contribution is 2.33. The van der Waals surface area contributed by atoms with E-state index in [1.54, 1.807) is 29.2 Å². The van der Waals surface area contributed by atoms with Crippen molar-refractivity contribution in [3.8, 4) is 0 Å². The number of nitrogens with one attached hydrogen (secondary N) is 1. The summed E-state index contributed by atoms with van der Waals surface area (Å²) in [6.45, 7) is 2.42. The summed E-state index contributed by atoms with van der Waals surface area (Å²) >= 11 is 0. The van der Waals surface area contributed by atoms with Crippen molar-refractivity contribution >= 4 is 5.91 Å². The highest BCUT2D eigenvalue weighted by Gasteiger charge is 2.33. The zero-order valence-corrected chi connectivity index (χ0v) is 16.6. The minimum atomic E-state index is -4.33. The lowest BCUT2D eigenvalue weighted by molar-refractivity contribution is -0.137. The topological polar surface area (TPSA) is 52.6 Å². The van der Waals surface area contributed by atoms with Gasteiger partial charge in [-0.1, -0.05) is 24.3 Å². The average Bonchev–Trinajstić information content (AvgIpc) is 3.21. The third-order valence-corrected chi connectivity index (χ3v) is 6.29. The van der Waals surface area contributed by atoms with E-state index in [0.717, 1.165) is 42.6 Å². The first kappa shape index (κ1) is 20.9. The molecule has 30 heavy (non-hydrogen) atoms. The molecule has 2 heterocycles. The van der Waals surface area contributed by atoms with Crippen molar-refractivity contribution in [2.24, 2.45) is 0 Å². The van der Waals surface area contributed by atoms with Crippen LogP contribution in [0.3, 0.4) is 0 Å². The molecule has 160 valence electrons. The number of hydrogen-bond donors (Lipinski definition) is 2. The van der Waals surface area contributed by atoms with Gasteiger partial charge in [-0.3, -0.25) is 4.79 Å². The summed E-state index contributed by atoms with van der Waals surface area (Å²) in [5, 5.41) is 13.8. The summed E-state index contributed by atoms with van der Waals surface area (Å²) < 4.78 is 38.2. The summed E-state index contributed by atoms with van der Waals surface area (Å²) in [6.07, 6.45) is -2.23. The number of aliphatic hydroxyl groups is 1. The first-order chi connectivity index (χ1) is 14.3. The molecule has 0 aliphatic carbocycles. The standard InChI is InChI=1S/C23H25F3N2O2/c24-23(25,26)20-7-1-16(2-8-20)17-9-13-28(14-10-17)21(29)18-3-5-19(6-4-18)22(30)11-12-27-15-22/h1-8,17,27,30H,9-15H2. The lowest BCUT2D eigenvalue weighted by Crippen LogP contribution is -2.38. The largest absolute Gasteiger partial charge is 0.416 e. The molecule has 0 radical (unpaired) electrons. The van der Waals surface area contributed by atoms with E-state index >= 15 is 0 Å². The first-order valence-corrected chi connectivity index (χ1v) is 10.3. The van der Waals surface area contributed by atoms with Crippen molar-refractivity contribution < 1.29 is 23.1 Å².